The number of para-hydroxylation sites is 6. The number of ether oxygens (including phenoxy) is 1. The van der Waals surface area contributed by atoms with Gasteiger partial charge in [-0.25, -0.2) is 15.0 Å². The Kier molecular flexibility index (Phi) is 5.50. The van der Waals surface area contributed by atoms with Crippen LogP contribution in [0.15, 0.2) is 142 Å². The number of nitrogens with one attached hydrogen (secondary N) is 1. The maximum atomic E-state index is 6.74. The Hall–Kier alpha value is -6.47. The molecule has 1 N–H and O–H groups in total. The van der Waals surface area contributed by atoms with Crippen molar-refractivity contribution >= 4 is 49.6 Å². The van der Waals surface area contributed by atoms with Gasteiger partial charge in [0, 0.05) is 27.1 Å². The first kappa shape index (κ1) is 25.8. The van der Waals surface area contributed by atoms with Gasteiger partial charge in [0.05, 0.1) is 22.4 Å². The van der Waals surface area contributed by atoms with E-state index in [0.717, 1.165) is 72.0 Å². The van der Waals surface area contributed by atoms with E-state index in [2.05, 4.69) is 29.6 Å². The van der Waals surface area contributed by atoms with Crippen molar-refractivity contribution in [3.05, 3.63) is 139 Å². The average Bonchev–Trinajstić information content (AvgIpc) is 3.85. The molecule has 3 aromatic heterocycles. The molecule has 0 fully saturated rings. The molecule has 0 radical (unpaired) electrons. The Morgan fingerprint density at radius 3 is 1.85 bits per heavy atom. The first-order valence-corrected chi connectivity index (χ1v) is 15.5. The van der Waals surface area contributed by atoms with E-state index in [1.54, 1.807) is 0 Å². The lowest BCUT2D eigenvalue weighted by Gasteiger charge is -2.11. The van der Waals surface area contributed by atoms with Crippen molar-refractivity contribution in [1.82, 2.24) is 15.0 Å². The normalized spacial score (nSPS) is 14.1. The van der Waals surface area contributed by atoms with Gasteiger partial charge in [0.25, 0.3) is 0 Å². The van der Waals surface area contributed by atoms with E-state index < -0.39 is 0 Å². The number of aromatic nitrogens is 3. The molecule has 9 aromatic rings. The van der Waals surface area contributed by atoms with Crippen molar-refractivity contribution in [2.24, 2.45) is 0 Å². The fourth-order valence-electron chi connectivity index (χ4n) is 6.61. The Labute approximate surface area is 268 Å². The van der Waals surface area contributed by atoms with E-state index in [1.165, 1.54) is 0 Å². The highest BCUT2D eigenvalue weighted by molar-refractivity contribution is 6.11. The molecule has 222 valence electrons. The maximum Gasteiger partial charge on any atom is 0.200 e. The molecule has 0 bridgehead atoms. The molecule has 0 aliphatic carbocycles. The number of fused-ring (bicyclic) bond motifs is 7. The van der Waals surface area contributed by atoms with Crippen LogP contribution in [-0.4, -0.2) is 15.0 Å². The molecule has 0 saturated heterocycles. The highest BCUT2D eigenvalue weighted by atomic mass is 16.5. The molecule has 1 atom stereocenters. The zero-order valence-corrected chi connectivity index (χ0v) is 24.8. The van der Waals surface area contributed by atoms with Gasteiger partial charge in [-0.05, 0) is 36.4 Å². The predicted octanol–water partition coefficient (Wildman–Crippen LogP) is 10.2. The highest BCUT2D eigenvalue weighted by Crippen LogP contribution is 2.43. The number of rotatable bonds is 4. The molecule has 7 heteroatoms. The highest BCUT2D eigenvalue weighted by Gasteiger charge is 2.27. The molecule has 10 rings (SSSR count). The standard InChI is InChI=1S/C40H24N4O3/c1-2-11-23(12-3-1)37-42-38(28-17-8-14-25-24-13-4-6-21-32(24)45-34(25)28)44-39(43-37)29-18-9-15-26-27-16-10-19-30(36(27)47-35(26)29)40-41-31-20-5-7-22-33(31)46-40/h1-22,40-41H. The Morgan fingerprint density at radius 1 is 0.468 bits per heavy atom. The van der Waals surface area contributed by atoms with Crippen LogP contribution in [-0.2, 0) is 0 Å². The summed E-state index contributed by atoms with van der Waals surface area (Å²) in [6.45, 7) is 0. The molecule has 47 heavy (non-hydrogen) atoms. The second kappa shape index (κ2) is 10.0. The van der Waals surface area contributed by atoms with Gasteiger partial charge in [0.15, 0.2) is 23.7 Å². The zero-order valence-electron chi connectivity index (χ0n) is 24.8. The summed E-state index contributed by atoms with van der Waals surface area (Å²) in [7, 11) is 0. The average molecular weight is 609 g/mol. The molecule has 6 aromatic carbocycles. The minimum Gasteiger partial charge on any atom is -0.464 e. The first-order chi connectivity index (χ1) is 23.3. The van der Waals surface area contributed by atoms with Crippen molar-refractivity contribution in [3.8, 4) is 39.9 Å². The number of furan rings is 2. The molecule has 0 amide bonds. The van der Waals surface area contributed by atoms with Crippen LogP contribution in [0.25, 0.3) is 78.0 Å². The lowest BCUT2D eigenvalue weighted by molar-refractivity contribution is 0.260. The van der Waals surface area contributed by atoms with Gasteiger partial charge in [-0.15, -0.1) is 0 Å². The molecular weight excluding hydrogens is 584 g/mol. The van der Waals surface area contributed by atoms with Crippen LogP contribution < -0.4 is 10.1 Å². The summed E-state index contributed by atoms with van der Waals surface area (Å²) < 4.78 is 19.4. The van der Waals surface area contributed by atoms with Crippen LogP contribution in [0.3, 0.4) is 0 Å². The van der Waals surface area contributed by atoms with E-state index in [-0.39, 0.29) is 6.23 Å². The molecule has 4 heterocycles. The summed E-state index contributed by atoms with van der Waals surface area (Å²) in [5, 5.41) is 7.51. The maximum absolute atomic E-state index is 6.74. The van der Waals surface area contributed by atoms with Gasteiger partial charge in [0.2, 0.25) is 0 Å². The number of hydrogen-bond acceptors (Lipinski definition) is 7. The fourth-order valence-corrected chi connectivity index (χ4v) is 6.61. The van der Waals surface area contributed by atoms with Crippen molar-refractivity contribution in [1.29, 1.82) is 0 Å². The van der Waals surface area contributed by atoms with Crippen LogP contribution in [0.2, 0.25) is 0 Å². The lowest BCUT2D eigenvalue weighted by atomic mass is 10.1. The molecular formula is C40H24N4O3. The van der Waals surface area contributed by atoms with Crippen LogP contribution in [0, 0.1) is 0 Å². The van der Waals surface area contributed by atoms with Crippen LogP contribution in [0.5, 0.6) is 5.75 Å². The Morgan fingerprint density at radius 2 is 1.06 bits per heavy atom. The predicted molar refractivity (Wildman–Crippen MR) is 184 cm³/mol. The lowest BCUT2D eigenvalue weighted by Crippen LogP contribution is -2.10. The molecule has 1 unspecified atom stereocenters. The molecule has 0 spiro atoms. The third-order valence-electron chi connectivity index (χ3n) is 8.81. The van der Waals surface area contributed by atoms with Gasteiger partial charge >= 0.3 is 0 Å². The molecule has 7 nitrogen and oxygen atoms in total. The summed E-state index contributed by atoms with van der Waals surface area (Å²) >= 11 is 0. The molecule has 1 aliphatic heterocycles. The summed E-state index contributed by atoms with van der Waals surface area (Å²) in [6, 6.07) is 44.3. The third kappa shape index (κ3) is 4.03. The van der Waals surface area contributed by atoms with Crippen molar-refractivity contribution in [2.75, 3.05) is 5.32 Å². The van der Waals surface area contributed by atoms with E-state index >= 15 is 0 Å². The largest absolute Gasteiger partial charge is 0.464 e. The van der Waals surface area contributed by atoms with Gasteiger partial charge < -0.3 is 18.9 Å². The summed E-state index contributed by atoms with van der Waals surface area (Å²) in [6.07, 6.45) is -0.377. The molecule has 0 saturated carbocycles. The van der Waals surface area contributed by atoms with Gasteiger partial charge in [-0.1, -0.05) is 97.1 Å². The SMILES string of the molecule is c1ccc(-c2nc(-c3cccc4c3oc3ccccc34)nc(-c3cccc4c3oc3c(C5Nc6ccccc6O5)cccc34)n2)cc1. The van der Waals surface area contributed by atoms with E-state index in [9.17, 15) is 0 Å². The topological polar surface area (TPSA) is 86.2 Å². The smallest absolute Gasteiger partial charge is 0.200 e. The van der Waals surface area contributed by atoms with Gasteiger partial charge in [-0.3, -0.25) is 0 Å². The minimum atomic E-state index is -0.377. The summed E-state index contributed by atoms with van der Waals surface area (Å²) in [5.41, 5.74) is 7.33. The first-order valence-electron chi connectivity index (χ1n) is 15.5. The van der Waals surface area contributed by atoms with Crippen LogP contribution in [0.4, 0.5) is 5.69 Å². The van der Waals surface area contributed by atoms with Gasteiger partial charge in [0.1, 0.15) is 28.1 Å². The van der Waals surface area contributed by atoms with Crippen molar-refractivity contribution in [2.45, 2.75) is 6.23 Å². The Balaban J connectivity index is 1.18. The number of hydrogen-bond donors (Lipinski definition) is 1. The Bertz CT molecular complexity index is 2630. The van der Waals surface area contributed by atoms with E-state index in [0.29, 0.717) is 23.1 Å². The fraction of sp³-hybridized carbons (Fsp3) is 0.0250. The van der Waals surface area contributed by atoms with Crippen molar-refractivity contribution < 1.29 is 13.6 Å². The quantitative estimate of drug-likeness (QED) is 0.213. The minimum absolute atomic E-state index is 0.377. The van der Waals surface area contributed by atoms with Gasteiger partial charge in [-0.2, -0.15) is 0 Å². The zero-order chi connectivity index (χ0) is 30.9. The number of nitrogens with zero attached hydrogens (tertiary/aromatic N) is 3. The number of benzene rings is 6. The second-order valence-corrected chi connectivity index (χ2v) is 11.6. The van der Waals surface area contributed by atoms with Crippen LogP contribution in [0.1, 0.15) is 11.8 Å². The monoisotopic (exact) mass is 608 g/mol. The van der Waals surface area contributed by atoms with Crippen molar-refractivity contribution in [3.63, 3.8) is 0 Å². The van der Waals surface area contributed by atoms with E-state index in [4.69, 9.17) is 28.5 Å². The second-order valence-electron chi connectivity index (χ2n) is 11.6. The summed E-state index contributed by atoms with van der Waals surface area (Å²) in [5.74, 6) is 2.41. The van der Waals surface area contributed by atoms with Crippen LogP contribution >= 0.6 is 0 Å². The number of anilines is 1. The van der Waals surface area contributed by atoms with E-state index in [1.807, 2.05) is 109 Å². The third-order valence-corrected chi connectivity index (χ3v) is 8.81. The molecule has 1 aliphatic rings. The summed E-state index contributed by atoms with van der Waals surface area (Å²) in [4.78, 5) is 15.1.